The zero-order valence-corrected chi connectivity index (χ0v) is 7.78. The van der Waals surface area contributed by atoms with Gasteiger partial charge in [-0.05, 0) is 24.3 Å². The van der Waals surface area contributed by atoms with Gasteiger partial charge in [-0.1, -0.05) is 11.6 Å². The first kappa shape index (κ1) is 9.74. The Bertz CT molecular complexity index is 321. The molecule has 1 aromatic carbocycles. The summed E-state index contributed by atoms with van der Waals surface area (Å²) < 4.78 is 0. The quantitative estimate of drug-likeness (QED) is 0.532. The lowest BCUT2D eigenvalue weighted by atomic mass is 10.3. The molecule has 0 atom stereocenters. The summed E-state index contributed by atoms with van der Waals surface area (Å²) in [7, 11) is 1.53. The van der Waals surface area contributed by atoms with Crippen molar-refractivity contribution < 1.29 is 9.59 Å². The lowest BCUT2D eigenvalue weighted by Crippen LogP contribution is -2.26. The fourth-order valence-corrected chi connectivity index (χ4v) is 0.997. The van der Waals surface area contributed by atoms with Crippen LogP contribution in [-0.2, 0) is 9.59 Å². The molecular formula is C9H8ClNO2. The van der Waals surface area contributed by atoms with Crippen LogP contribution in [0.15, 0.2) is 24.3 Å². The van der Waals surface area contributed by atoms with E-state index in [1.807, 2.05) is 0 Å². The second-order valence-corrected chi connectivity index (χ2v) is 2.93. The summed E-state index contributed by atoms with van der Waals surface area (Å²) in [6, 6.07) is 6.66. The van der Waals surface area contributed by atoms with Crippen LogP contribution >= 0.6 is 11.6 Å². The van der Waals surface area contributed by atoms with Crippen molar-refractivity contribution in [3.05, 3.63) is 29.3 Å². The van der Waals surface area contributed by atoms with E-state index in [-0.39, 0.29) is 6.29 Å². The van der Waals surface area contributed by atoms with Gasteiger partial charge in [-0.2, -0.15) is 0 Å². The molecule has 4 heteroatoms. The van der Waals surface area contributed by atoms with Gasteiger partial charge in [0.25, 0.3) is 5.91 Å². The molecule has 0 aliphatic heterocycles. The Morgan fingerprint density at radius 3 is 2.38 bits per heavy atom. The number of amides is 1. The number of likely N-dealkylation sites (N-methyl/N-ethyl adjacent to an activating group) is 1. The van der Waals surface area contributed by atoms with Gasteiger partial charge in [0.15, 0.2) is 0 Å². The van der Waals surface area contributed by atoms with E-state index in [0.717, 1.165) is 0 Å². The average Bonchev–Trinajstić information content (AvgIpc) is 2.17. The van der Waals surface area contributed by atoms with Crippen LogP contribution in [0.3, 0.4) is 0 Å². The van der Waals surface area contributed by atoms with Gasteiger partial charge in [0.05, 0.1) is 0 Å². The summed E-state index contributed by atoms with van der Waals surface area (Å²) in [5, 5.41) is 0.593. The lowest BCUT2D eigenvalue weighted by Gasteiger charge is -2.13. The van der Waals surface area contributed by atoms with Crippen molar-refractivity contribution in [1.29, 1.82) is 0 Å². The minimum Gasteiger partial charge on any atom is -0.309 e. The molecular weight excluding hydrogens is 190 g/mol. The molecule has 0 aromatic heterocycles. The number of aldehydes is 1. The van der Waals surface area contributed by atoms with Crippen molar-refractivity contribution in [1.82, 2.24) is 0 Å². The molecule has 1 amide bonds. The van der Waals surface area contributed by atoms with Gasteiger partial charge in [0, 0.05) is 17.8 Å². The highest BCUT2D eigenvalue weighted by Gasteiger charge is 2.08. The van der Waals surface area contributed by atoms with Crippen LogP contribution in [0.1, 0.15) is 0 Å². The number of halogens is 1. The minimum atomic E-state index is -0.581. The van der Waals surface area contributed by atoms with Gasteiger partial charge in [-0.3, -0.25) is 9.59 Å². The second kappa shape index (κ2) is 4.05. The van der Waals surface area contributed by atoms with Crippen LogP contribution in [-0.4, -0.2) is 19.2 Å². The van der Waals surface area contributed by atoms with Crippen molar-refractivity contribution in [3.63, 3.8) is 0 Å². The summed E-state index contributed by atoms with van der Waals surface area (Å²) >= 11 is 5.66. The first-order valence-electron chi connectivity index (χ1n) is 3.63. The van der Waals surface area contributed by atoms with Crippen LogP contribution in [0, 0.1) is 0 Å². The summed E-state index contributed by atoms with van der Waals surface area (Å²) in [5.41, 5.74) is 0.640. The standard InChI is InChI=1S/C9H8ClNO2/c1-11(9(13)6-12)8-4-2-7(10)3-5-8/h2-6H,1H3. The third kappa shape index (κ3) is 2.29. The maximum atomic E-state index is 10.9. The van der Waals surface area contributed by atoms with Crippen LogP contribution < -0.4 is 4.90 Å². The smallest absolute Gasteiger partial charge is 0.290 e. The maximum absolute atomic E-state index is 10.9. The first-order chi connectivity index (χ1) is 6.15. The first-order valence-corrected chi connectivity index (χ1v) is 4.01. The summed E-state index contributed by atoms with van der Waals surface area (Å²) in [6.07, 6.45) is 0.272. The maximum Gasteiger partial charge on any atom is 0.290 e. The molecule has 68 valence electrons. The van der Waals surface area contributed by atoms with E-state index >= 15 is 0 Å². The van der Waals surface area contributed by atoms with E-state index in [9.17, 15) is 9.59 Å². The molecule has 0 heterocycles. The Labute approximate surface area is 80.9 Å². The van der Waals surface area contributed by atoms with Crippen LogP contribution in [0.2, 0.25) is 5.02 Å². The predicted octanol–water partition coefficient (Wildman–Crippen LogP) is 1.50. The SMILES string of the molecule is CN(C(=O)C=O)c1ccc(Cl)cc1. The van der Waals surface area contributed by atoms with E-state index in [1.165, 1.54) is 11.9 Å². The van der Waals surface area contributed by atoms with Gasteiger partial charge in [0.2, 0.25) is 6.29 Å². The zero-order chi connectivity index (χ0) is 9.84. The van der Waals surface area contributed by atoms with E-state index in [2.05, 4.69) is 0 Å². The fourth-order valence-electron chi connectivity index (χ4n) is 0.871. The zero-order valence-electron chi connectivity index (χ0n) is 7.03. The lowest BCUT2D eigenvalue weighted by molar-refractivity contribution is -0.129. The van der Waals surface area contributed by atoms with E-state index in [0.29, 0.717) is 10.7 Å². The third-order valence-electron chi connectivity index (χ3n) is 1.65. The number of anilines is 1. The fraction of sp³-hybridized carbons (Fsp3) is 0.111. The number of hydrogen-bond donors (Lipinski definition) is 0. The second-order valence-electron chi connectivity index (χ2n) is 2.49. The Kier molecular flexibility index (Phi) is 3.03. The summed E-state index contributed by atoms with van der Waals surface area (Å²) in [5.74, 6) is -0.581. The minimum absolute atomic E-state index is 0.272. The van der Waals surface area contributed by atoms with Crippen molar-refractivity contribution >= 4 is 29.5 Å². The highest BCUT2D eigenvalue weighted by molar-refractivity contribution is 6.31. The van der Waals surface area contributed by atoms with Crippen LogP contribution in [0.5, 0.6) is 0 Å². The number of hydrogen-bond acceptors (Lipinski definition) is 2. The van der Waals surface area contributed by atoms with Crippen molar-refractivity contribution in [2.24, 2.45) is 0 Å². The number of carbonyl (C=O) groups is 2. The molecule has 3 nitrogen and oxygen atoms in total. The Morgan fingerprint density at radius 1 is 1.38 bits per heavy atom. The van der Waals surface area contributed by atoms with Crippen molar-refractivity contribution in [3.8, 4) is 0 Å². The molecule has 0 aliphatic rings. The molecule has 0 saturated heterocycles. The predicted molar refractivity (Wildman–Crippen MR) is 50.9 cm³/mol. The highest BCUT2D eigenvalue weighted by atomic mass is 35.5. The molecule has 0 aliphatic carbocycles. The monoisotopic (exact) mass is 197 g/mol. The largest absolute Gasteiger partial charge is 0.309 e. The molecule has 0 N–H and O–H groups in total. The number of carbonyl (C=O) groups excluding carboxylic acids is 2. The van der Waals surface area contributed by atoms with Gasteiger partial charge in [-0.15, -0.1) is 0 Å². The molecule has 0 bridgehead atoms. The Morgan fingerprint density at radius 2 is 1.92 bits per heavy atom. The third-order valence-corrected chi connectivity index (χ3v) is 1.90. The van der Waals surface area contributed by atoms with Gasteiger partial charge in [-0.25, -0.2) is 0 Å². The Balaban J connectivity index is 2.89. The molecule has 0 fully saturated rings. The summed E-state index contributed by atoms with van der Waals surface area (Å²) in [4.78, 5) is 22.3. The molecule has 0 unspecified atom stereocenters. The average molecular weight is 198 g/mol. The topological polar surface area (TPSA) is 37.4 Å². The van der Waals surface area contributed by atoms with Gasteiger partial charge in [0.1, 0.15) is 0 Å². The van der Waals surface area contributed by atoms with E-state index < -0.39 is 5.91 Å². The Hall–Kier alpha value is -1.35. The van der Waals surface area contributed by atoms with Crippen LogP contribution in [0.4, 0.5) is 5.69 Å². The number of rotatable bonds is 2. The molecule has 0 radical (unpaired) electrons. The van der Waals surface area contributed by atoms with Crippen LogP contribution in [0.25, 0.3) is 0 Å². The van der Waals surface area contributed by atoms with Gasteiger partial charge < -0.3 is 4.90 Å². The highest BCUT2D eigenvalue weighted by Crippen LogP contribution is 2.16. The molecule has 1 rings (SSSR count). The number of nitrogens with zero attached hydrogens (tertiary/aromatic N) is 1. The number of benzene rings is 1. The molecule has 0 saturated carbocycles. The molecule has 1 aromatic rings. The molecule has 13 heavy (non-hydrogen) atoms. The van der Waals surface area contributed by atoms with Crippen molar-refractivity contribution in [2.45, 2.75) is 0 Å². The normalized spacial score (nSPS) is 9.38. The van der Waals surface area contributed by atoms with Crippen molar-refractivity contribution in [2.75, 3.05) is 11.9 Å². The van der Waals surface area contributed by atoms with Gasteiger partial charge >= 0.3 is 0 Å². The summed E-state index contributed by atoms with van der Waals surface area (Å²) in [6.45, 7) is 0. The molecule has 0 spiro atoms. The van der Waals surface area contributed by atoms with E-state index in [4.69, 9.17) is 11.6 Å². The van der Waals surface area contributed by atoms with E-state index in [1.54, 1.807) is 24.3 Å².